The van der Waals surface area contributed by atoms with Crippen LogP contribution in [0.5, 0.6) is 0 Å². The molecule has 1 heterocycles. The molecule has 0 saturated carbocycles. The van der Waals surface area contributed by atoms with E-state index in [4.69, 9.17) is 4.74 Å². The topological polar surface area (TPSA) is 122 Å². The molecular weight excluding hydrogens is 386 g/mol. The number of benzene rings is 1. The van der Waals surface area contributed by atoms with Crippen molar-refractivity contribution in [2.45, 2.75) is 44.1 Å². The van der Waals surface area contributed by atoms with Gasteiger partial charge in [-0.1, -0.05) is 0 Å². The van der Waals surface area contributed by atoms with E-state index in [2.05, 4.69) is 10.6 Å². The molecule has 28 heavy (non-hydrogen) atoms. The van der Waals surface area contributed by atoms with Crippen molar-refractivity contribution in [2.24, 2.45) is 0 Å². The fourth-order valence-electron chi connectivity index (χ4n) is 2.68. The van der Waals surface area contributed by atoms with Gasteiger partial charge in [-0.05, 0) is 44.0 Å². The van der Waals surface area contributed by atoms with Crippen LogP contribution in [-0.2, 0) is 29.1 Å². The maximum Gasteiger partial charge on any atom is 0.308 e. The Hall–Kier alpha value is -2.46. The van der Waals surface area contributed by atoms with E-state index in [-0.39, 0.29) is 23.8 Å². The van der Waals surface area contributed by atoms with E-state index in [0.717, 1.165) is 12.8 Å². The Balaban J connectivity index is 1.88. The molecule has 9 nitrogen and oxygen atoms in total. The van der Waals surface area contributed by atoms with Crippen molar-refractivity contribution in [3.05, 3.63) is 24.3 Å². The van der Waals surface area contributed by atoms with Crippen molar-refractivity contribution in [1.29, 1.82) is 0 Å². The molecule has 1 aromatic rings. The first-order valence-electron chi connectivity index (χ1n) is 9.05. The molecule has 0 bridgehead atoms. The van der Waals surface area contributed by atoms with Crippen LogP contribution in [0.4, 0.5) is 5.69 Å². The maximum atomic E-state index is 12.5. The lowest BCUT2D eigenvalue weighted by atomic mass is 10.3. The molecule has 2 amide bonds. The lowest BCUT2D eigenvalue weighted by Gasteiger charge is -2.16. The third-order valence-electron chi connectivity index (χ3n) is 4.21. The first kappa shape index (κ1) is 21.8. The smallest absolute Gasteiger partial charge is 0.308 e. The van der Waals surface area contributed by atoms with Crippen molar-refractivity contribution in [3.8, 4) is 0 Å². The van der Waals surface area contributed by atoms with Gasteiger partial charge in [0.05, 0.1) is 11.3 Å². The van der Waals surface area contributed by atoms with E-state index < -0.39 is 28.0 Å². The van der Waals surface area contributed by atoms with Crippen LogP contribution in [0.3, 0.4) is 0 Å². The fourth-order valence-corrected chi connectivity index (χ4v) is 4.20. The van der Waals surface area contributed by atoms with Gasteiger partial charge in [0.1, 0.15) is 0 Å². The molecule has 0 spiro atoms. The highest BCUT2D eigenvalue weighted by atomic mass is 32.2. The summed E-state index contributed by atoms with van der Waals surface area (Å²) in [7, 11) is -3.51. The number of rotatable bonds is 8. The Kier molecular flexibility index (Phi) is 7.53. The average Bonchev–Trinajstić information content (AvgIpc) is 3.17. The molecular formula is C18H25N3O6S. The molecule has 1 aliphatic rings. The molecule has 1 saturated heterocycles. The van der Waals surface area contributed by atoms with E-state index in [1.54, 1.807) is 0 Å². The number of carbonyl (C=O) groups is 3. The summed E-state index contributed by atoms with van der Waals surface area (Å²) in [5.74, 6) is -1.40. The third kappa shape index (κ3) is 6.03. The molecule has 0 aliphatic carbocycles. The zero-order valence-corrected chi connectivity index (χ0v) is 16.8. The predicted molar refractivity (Wildman–Crippen MR) is 102 cm³/mol. The summed E-state index contributed by atoms with van der Waals surface area (Å²) in [4.78, 5) is 34.7. The highest BCUT2D eigenvalue weighted by Crippen LogP contribution is 2.22. The van der Waals surface area contributed by atoms with Crippen LogP contribution in [0.15, 0.2) is 29.2 Å². The first-order valence-corrected chi connectivity index (χ1v) is 10.5. The molecule has 1 fully saturated rings. The minimum absolute atomic E-state index is 0.0414. The number of hydrogen-bond acceptors (Lipinski definition) is 6. The fraction of sp³-hybridized carbons (Fsp3) is 0.500. The molecule has 1 atom stereocenters. The number of nitrogens with one attached hydrogen (secondary N) is 2. The summed E-state index contributed by atoms with van der Waals surface area (Å²) in [6.07, 6.45) is 0.641. The van der Waals surface area contributed by atoms with Gasteiger partial charge < -0.3 is 15.4 Å². The number of sulfonamides is 1. The number of carbonyl (C=O) groups excluding carboxylic acids is 3. The summed E-state index contributed by atoms with van der Waals surface area (Å²) in [5.41, 5.74) is 0.395. The number of hydrogen-bond donors (Lipinski definition) is 2. The monoisotopic (exact) mass is 411 g/mol. The van der Waals surface area contributed by atoms with Crippen molar-refractivity contribution in [3.63, 3.8) is 0 Å². The molecule has 0 aromatic heterocycles. The van der Waals surface area contributed by atoms with E-state index in [0.29, 0.717) is 18.8 Å². The van der Waals surface area contributed by atoms with E-state index in [1.807, 2.05) is 0 Å². The second-order valence-electron chi connectivity index (χ2n) is 6.49. The predicted octanol–water partition coefficient (Wildman–Crippen LogP) is 0.868. The van der Waals surface area contributed by atoms with Gasteiger partial charge in [-0.3, -0.25) is 14.4 Å². The van der Waals surface area contributed by atoms with E-state index in [9.17, 15) is 22.8 Å². The second-order valence-corrected chi connectivity index (χ2v) is 8.43. The van der Waals surface area contributed by atoms with Crippen molar-refractivity contribution in [1.82, 2.24) is 9.62 Å². The van der Waals surface area contributed by atoms with Crippen LogP contribution in [0, 0.1) is 0 Å². The second kappa shape index (κ2) is 9.65. The summed E-state index contributed by atoms with van der Waals surface area (Å²) >= 11 is 0. The van der Waals surface area contributed by atoms with Gasteiger partial charge in [0.15, 0.2) is 6.10 Å². The number of ether oxygens (including phenoxy) is 1. The molecule has 1 aliphatic heterocycles. The van der Waals surface area contributed by atoms with Gasteiger partial charge in [-0.25, -0.2) is 8.42 Å². The quantitative estimate of drug-likeness (QED) is 0.612. The Morgan fingerprint density at radius 2 is 1.75 bits per heavy atom. The van der Waals surface area contributed by atoms with Gasteiger partial charge in [0.25, 0.3) is 5.91 Å². The number of esters is 1. The van der Waals surface area contributed by atoms with Crippen molar-refractivity contribution in [2.75, 3.05) is 25.0 Å². The Labute approximate surface area is 164 Å². The standard InChI is InChI=1S/C18H25N3O6S/c1-13(27-17(23)9-10-19-14(2)22)18(24)20-15-5-7-16(8-6-15)28(25,26)21-11-3-4-12-21/h5-8,13H,3-4,9-12H2,1-2H3,(H,19,22)(H,20,24)/t13-/m1/s1. The van der Waals surface area contributed by atoms with E-state index in [1.165, 1.54) is 42.4 Å². The molecule has 154 valence electrons. The molecule has 0 unspecified atom stereocenters. The number of nitrogens with zero attached hydrogens (tertiary/aromatic N) is 1. The number of anilines is 1. The summed E-state index contributed by atoms with van der Waals surface area (Å²) in [5, 5.41) is 5.04. The lowest BCUT2D eigenvalue weighted by Crippen LogP contribution is -2.31. The first-order chi connectivity index (χ1) is 13.2. The molecule has 10 heteroatoms. The minimum atomic E-state index is -3.51. The van der Waals surface area contributed by atoms with Gasteiger partial charge in [-0.15, -0.1) is 0 Å². The molecule has 2 N–H and O–H groups in total. The molecule has 2 rings (SSSR count). The molecule has 1 aromatic carbocycles. The lowest BCUT2D eigenvalue weighted by molar-refractivity contribution is -0.153. The van der Waals surface area contributed by atoms with Crippen LogP contribution < -0.4 is 10.6 Å². The van der Waals surface area contributed by atoms with Crippen LogP contribution in [-0.4, -0.2) is 56.2 Å². The zero-order chi connectivity index (χ0) is 20.7. The summed E-state index contributed by atoms with van der Waals surface area (Å²) < 4.78 is 31.4. The Bertz CT molecular complexity index is 816. The van der Waals surface area contributed by atoms with Crippen LogP contribution in [0.25, 0.3) is 0 Å². The number of amides is 2. The van der Waals surface area contributed by atoms with Gasteiger partial charge in [0, 0.05) is 32.2 Å². The highest BCUT2D eigenvalue weighted by molar-refractivity contribution is 7.89. The van der Waals surface area contributed by atoms with Gasteiger partial charge in [0.2, 0.25) is 15.9 Å². The highest BCUT2D eigenvalue weighted by Gasteiger charge is 2.27. The summed E-state index contributed by atoms with van der Waals surface area (Å²) in [6.45, 7) is 3.94. The normalized spacial score (nSPS) is 15.6. The third-order valence-corrected chi connectivity index (χ3v) is 6.12. The zero-order valence-electron chi connectivity index (χ0n) is 15.9. The van der Waals surface area contributed by atoms with Crippen molar-refractivity contribution >= 4 is 33.5 Å². The SMILES string of the molecule is CC(=O)NCCC(=O)O[C@H](C)C(=O)Nc1ccc(S(=O)(=O)N2CCCC2)cc1. The maximum absolute atomic E-state index is 12.5. The minimum Gasteiger partial charge on any atom is -0.452 e. The van der Waals surface area contributed by atoms with Crippen LogP contribution in [0.2, 0.25) is 0 Å². The van der Waals surface area contributed by atoms with Crippen LogP contribution >= 0.6 is 0 Å². The van der Waals surface area contributed by atoms with Crippen molar-refractivity contribution < 1.29 is 27.5 Å². The average molecular weight is 411 g/mol. The Morgan fingerprint density at radius 3 is 2.32 bits per heavy atom. The van der Waals surface area contributed by atoms with Gasteiger partial charge >= 0.3 is 5.97 Å². The van der Waals surface area contributed by atoms with E-state index >= 15 is 0 Å². The largest absolute Gasteiger partial charge is 0.452 e. The molecule has 0 radical (unpaired) electrons. The van der Waals surface area contributed by atoms with Gasteiger partial charge in [-0.2, -0.15) is 4.31 Å². The van der Waals surface area contributed by atoms with Crippen LogP contribution in [0.1, 0.15) is 33.1 Å². The Morgan fingerprint density at radius 1 is 1.14 bits per heavy atom. The summed E-state index contributed by atoms with van der Waals surface area (Å²) in [6, 6.07) is 5.86.